The van der Waals surface area contributed by atoms with Crippen molar-refractivity contribution in [2.45, 2.75) is 46.1 Å². The fourth-order valence-corrected chi connectivity index (χ4v) is 1.79. The number of methoxy groups -OCH3 is 1. The molecule has 1 aromatic rings. The second-order valence-electron chi connectivity index (χ2n) is 5.82. The van der Waals surface area contributed by atoms with Gasteiger partial charge in [0, 0.05) is 12.1 Å². The van der Waals surface area contributed by atoms with Gasteiger partial charge in [-0.2, -0.15) is 0 Å². The zero-order valence-corrected chi connectivity index (χ0v) is 13.3. The van der Waals surface area contributed by atoms with Crippen LogP contribution in [0.15, 0.2) is 18.2 Å². The van der Waals surface area contributed by atoms with Crippen molar-refractivity contribution in [3.05, 3.63) is 23.8 Å². The van der Waals surface area contributed by atoms with Crippen molar-refractivity contribution < 1.29 is 19.1 Å². The molecule has 0 aliphatic carbocycles. The molecule has 5 nitrogen and oxygen atoms in total. The Labute approximate surface area is 125 Å². The van der Waals surface area contributed by atoms with Crippen molar-refractivity contribution in [3.63, 3.8) is 0 Å². The maximum atomic E-state index is 11.8. The smallest absolute Gasteiger partial charge is 0.306 e. The number of hydrogen-bond donors (Lipinski definition) is 1. The summed E-state index contributed by atoms with van der Waals surface area (Å²) in [6.07, 6.45) is 0.165. The molecule has 1 rings (SSSR count). The Morgan fingerprint density at radius 3 is 2.38 bits per heavy atom. The number of esters is 1. The van der Waals surface area contributed by atoms with E-state index < -0.39 is 5.60 Å². The fraction of sp³-hybridized carbons (Fsp3) is 0.500. The van der Waals surface area contributed by atoms with Crippen LogP contribution < -0.4 is 10.1 Å². The molecule has 5 heteroatoms. The molecule has 0 aromatic heterocycles. The van der Waals surface area contributed by atoms with Gasteiger partial charge < -0.3 is 14.8 Å². The lowest BCUT2D eigenvalue weighted by atomic mass is 10.2. The molecule has 0 unspecified atom stereocenters. The maximum absolute atomic E-state index is 11.8. The predicted molar refractivity (Wildman–Crippen MR) is 81.4 cm³/mol. The van der Waals surface area contributed by atoms with E-state index in [2.05, 4.69) is 5.32 Å². The molecular weight excluding hydrogens is 270 g/mol. The summed E-state index contributed by atoms with van der Waals surface area (Å²) in [4.78, 5) is 23.3. The van der Waals surface area contributed by atoms with Crippen LogP contribution in [0.4, 0.5) is 5.69 Å². The van der Waals surface area contributed by atoms with Gasteiger partial charge >= 0.3 is 5.97 Å². The number of rotatable bonds is 5. The number of amides is 1. The van der Waals surface area contributed by atoms with E-state index in [-0.39, 0.29) is 24.7 Å². The highest BCUT2D eigenvalue weighted by Gasteiger charge is 2.17. The van der Waals surface area contributed by atoms with Crippen molar-refractivity contribution in [2.24, 2.45) is 0 Å². The van der Waals surface area contributed by atoms with Crippen molar-refractivity contribution in [3.8, 4) is 5.75 Å². The van der Waals surface area contributed by atoms with Gasteiger partial charge in [0.15, 0.2) is 0 Å². The molecule has 0 bridgehead atoms. The number of carbonyl (C=O) groups is 2. The largest absolute Gasteiger partial charge is 0.496 e. The van der Waals surface area contributed by atoms with Crippen LogP contribution in [0.5, 0.6) is 5.75 Å². The lowest BCUT2D eigenvalue weighted by molar-refractivity contribution is -0.155. The number of carbonyl (C=O) groups excluding carboxylic acids is 2. The summed E-state index contributed by atoms with van der Waals surface area (Å²) in [6.45, 7) is 7.29. The van der Waals surface area contributed by atoms with Crippen molar-refractivity contribution >= 4 is 17.6 Å². The number of anilines is 1. The van der Waals surface area contributed by atoms with E-state index in [1.807, 2.05) is 13.0 Å². The highest BCUT2D eigenvalue weighted by molar-refractivity contribution is 5.92. The van der Waals surface area contributed by atoms with Gasteiger partial charge in [-0.3, -0.25) is 9.59 Å². The molecule has 0 fully saturated rings. The molecule has 0 aliphatic heterocycles. The third kappa shape index (κ3) is 6.29. The first-order valence-electron chi connectivity index (χ1n) is 6.87. The van der Waals surface area contributed by atoms with Gasteiger partial charge in [0.05, 0.1) is 13.5 Å². The predicted octanol–water partition coefficient (Wildman–Crippen LogP) is 3.06. The monoisotopic (exact) mass is 293 g/mol. The molecular formula is C16H23NO4. The number of aryl methyl sites for hydroxylation is 1. The van der Waals surface area contributed by atoms with E-state index in [1.165, 1.54) is 0 Å². The van der Waals surface area contributed by atoms with Crippen LogP contribution in [-0.2, 0) is 14.3 Å². The van der Waals surface area contributed by atoms with E-state index in [1.54, 1.807) is 40.0 Å². The van der Waals surface area contributed by atoms with Crippen LogP contribution in [0.3, 0.4) is 0 Å². The minimum Gasteiger partial charge on any atom is -0.496 e. The summed E-state index contributed by atoms with van der Waals surface area (Å²) >= 11 is 0. The lowest BCUT2D eigenvalue weighted by Crippen LogP contribution is -2.24. The zero-order valence-electron chi connectivity index (χ0n) is 13.3. The van der Waals surface area contributed by atoms with Crippen molar-refractivity contribution in [1.29, 1.82) is 0 Å². The van der Waals surface area contributed by atoms with Crippen LogP contribution in [0.2, 0.25) is 0 Å². The second kappa shape index (κ2) is 7.11. The van der Waals surface area contributed by atoms with Gasteiger partial charge in [-0.05, 0) is 51.5 Å². The normalized spacial score (nSPS) is 10.9. The minimum absolute atomic E-state index is 0.0677. The lowest BCUT2D eigenvalue weighted by Gasteiger charge is -2.19. The Balaban J connectivity index is 2.47. The Morgan fingerprint density at radius 2 is 1.86 bits per heavy atom. The van der Waals surface area contributed by atoms with Gasteiger partial charge in [0.1, 0.15) is 11.4 Å². The first kappa shape index (κ1) is 17.0. The highest BCUT2D eigenvalue weighted by atomic mass is 16.6. The van der Waals surface area contributed by atoms with Crippen molar-refractivity contribution in [1.82, 2.24) is 0 Å². The zero-order chi connectivity index (χ0) is 16.0. The Kier molecular flexibility index (Phi) is 5.76. The van der Waals surface area contributed by atoms with Gasteiger partial charge in [-0.15, -0.1) is 0 Å². The van der Waals surface area contributed by atoms with Crippen LogP contribution in [0.1, 0.15) is 39.2 Å². The van der Waals surface area contributed by atoms with Crippen molar-refractivity contribution in [2.75, 3.05) is 12.4 Å². The molecule has 0 saturated heterocycles. The number of hydrogen-bond acceptors (Lipinski definition) is 4. The SMILES string of the molecule is COc1ccc(NC(=O)CCC(=O)OC(C)(C)C)cc1C. The molecule has 21 heavy (non-hydrogen) atoms. The fourth-order valence-electron chi connectivity index (χ4n) is 1.79. The minimum atomic E-state index is -0.527. The van der Waals surface area contributed by atoms with Crippen LogP contribution >= 0.6 is 0 Å². The maximum Gasteiger partial charge on any atom is 0.306 e. The highest BCUT2D eigenvalue weighted by Crippen LogP contribution is 2.21. The second-order valence-corrected chi connectivity index (χ2v) is 5.82. The van der Waals surface area contributed by atoms with E-state index in [0.29, 0.717) is 5.69 Å². The van der Waals surface area contributed by atoms with Crippen LogP contribution in [-0.4, -0.2) is 24.6 Å². The first-order valence-corrected chi connectivity index (χ1v) is 6.87. The van der Waals surface area contributed by atoms with Crippen LogP contribution in [0.25, 0.3) is 0 Å². The molecule has 0 radical (unpaired) electrons. The van der Waals surface area contributed by atoms with Gasteiger partial charge in [0.2, 0.25) is 5.91 Å². The quantitative estimate of drug-likeness (QED) is 0.847. The summed E-state index contributed by atoms with van der Waals surface area (Å²) in [5, 5.41) is 2.75. The molecule has 1 N–H and O–H groups in total. The molecule has 1 aromatic carbocycles. The summed E-state index contributed by atoms with van der Waals surface area (Å²) in [7, 11) is 1.60. The summed E-state index contributed by atoms with van der Waals surface area (Å²) in [6, 6.07) is 5.38. The van der Waals surface area contributed by atoms with Crippen LogP contribution in [0, 0.1) is 6.92 Å². The summed E-state index contributed by atoms with van der Waals surface area (Å²) < 4.78 is 10.3. The Hall–Kier alpha value is -2.04. The molecule has 116 valence electrons. The third-order valence-electron chi connectivity index (χ3n) is 2.65. The molecule has 0 saturated carbocycles. The number of ether oxygens (including phenoxy) is 2. The van der Waals surface area contributed by atoms with E-state index in [4.69, 9.17) is 9.47 Å². The van der Waals surface area contributed by atoms with E-state index >= 15 is 0 Å². The third-order valence-corrected chi connectivity index (χ3v) is 2.65. The molecule has 0 aliphatic rings. The van der Waals surface area contributed by atoms with Gasteiger partial charge in [-0.1, -0.05) is 0 Å². The van der Waals surface area contributed by atoms with Gasteiger partial charge in [0.25, 0.3) is 0 Å². The molecule has 0 spiro atoms. The average Bonchev–Trinajstić information content (AvgIpc) is 2.34. The van der Waals surface area contributed by atoms with E-state index in [9.17, 15) is 9.59 Å². The molecule has 0 atom stereocenters. The van der Waals surface area contributed by atoms with Gasteiger partial charge in [-0.25, -0.2) is 0 Å². The standard InChI is InChI=1S/C16H23NO4/c1-11-10-12(6-7-13(11)20-5)17-14(18)8-9-15(19)21-16(2,3)4/h6-7,10H,8-9H2,1-5H3,(H,17,18). The number of benzene rings is 1. The Morgan fingerprint density at radius 1 is 1.19 bits per heavy atom. The molecule has 0 heterocycles. The average molecular weight is 293 g/mol. The topological polar surface area (TPSA) is 64.6 Å². The summed E-state index contributed by atoms with van der Waals surface area (Å²) in [5.41, 5.74) is 1.09. The first-order chi connectivity index (χ1) is 9.71. The van der Waals surface area contributed by atoms with E-state index in [0.717, 1.165) is 11.3 Å². The number of nitrogens with one attached hydrogen (secondary N) is 1. The molecule has 1 amide bonds. The summed E-state index contributed by atoms with van der Waals surface area (Å²) in [5.74, 6) is 0.177. The Bertz CT molecular complexity index is 517.